The number of allylic oxidation sites excluding steroid dienone is 1. The number of anilines is 2. The molecule has 0 radical (unpaired) electrons. The van der Waals surface area contributed by atoms with E-state index in [-0.39, 0.29) is 35.7 Å². The summed E-state index contributed by atoms with van der Waals surface area (Å²) in [5.74, 6) is -0.517. The molecule has 2 aromatic carbocycles. The Morgan fingerprint density at radius 3 is 2.66 bits per heavy atom. The zero-order valence-corrected chi connectivity index (χ0v) is 21.4. The minimum atomic E-state index is -1.72. The van der Waals surface area contributed by atoms with Crippen molar-refractivity contribution in [2.75, 3.05) is 38.0 Å². The molecule has 2 amide bonds. The number of hydrogen-bond donors (Lipinski definition) is 2. The molecule has 1 spiro atoms. The number of carbonyl (C=O) groups is 3. The Morgan fingerprint density at radius 2 is 1.95 bits per heavy atom. The van der Waals surface area contributed by atoms with Crippen molar-refractivity contribution in [3.8, 4) is 11.8 Å². The fraction of sp³-hybridized carbons (Fsp3) is 0.286. The molecule has 10 heteroatoms. The molecule has 0 saturated carbocycles. The lowest BCUT2D eigenvalue weighted by Crippen LogP contribution is -2.55. The second kappa shape index (κ2) is 9.36. The lowest BCUT2D eigenvalue weighted by molar-refractivity contribution is -0.125. The third-order valence-corrected chi connectivity index (χ3v) is 7.21. The summed E-state index contributed by atoms with van der Waals surface area (Å²) in [7, 11) is 5.07. The highest BCUT2D eigenvalue weighted by Crippen LogP contribution is 2.56. The van der Waals surface area contributed by atoms with Gasteiger partial charge in [-0.25, -0.2) is 5.01 Å². The highest BCUT2D eigenvalue weighted by Gasteiger charge is 2.62. The maximum absolute atomic E-state index is 14.5. The Morgan fingerprint density at radius 1 is 1.18 bits per heavy atom. The SMILES string of the molecule is COc1cccc(NC(=O)CN2C(=O)[C@@]3(C(C#N)=C(N)N(N(C)C)C4=C3C(=O)CCC4)c3ccccc32)c1. The number of hydrazine groups is 1. The third-order valence-electron chi connectivity index (χ3n) is 7.21. The van der Waals surface area contributed by atoms with Crippen LogP contribution in [0.5, 0.6) is 5.75 Å². The predicted molar refractivity (Wildman–Crippen MR) is 140 cm³/mol. The van der Waals surface area contributed by atoms with Crippen LogP contribution in [0, 0.1) is 11.3 Å². The molecule has 1 atom stereocenters. The van der Waals surface area contributed by atoms with Crippen molar-refractivity contribution in [2.45, 2.75) is 24.7 Å². The molecular formula is C28H28N6O4. The largest absolute Gasteiger partial charge is 0.497 e. The molecule has 2 aromatic rings. The van der Waals surface area contributed by atoms with Gasteiger partial charge in [0, 0.05) is 54.8 Å². The number of hydrogen-bond acceptors (Lipinski definition) is 8. The third kappa shape index (κ3) is 3.55. The Labute approximate surface area is 220 Å². The Bertz CT molecular complexity index is 1470. The summed E-state index contributed by atoms with van der Waals surface area (Å²) in [6, 6.07) is 16.0. The fourth-order valence-corrected chi connectivity index (χ4v) is 5.77. The lowest BCUT2D eigenvalue weighted by Gasteiger charge is -2.45. The number of methoxy groups -OCH3 is 1. The van der Waals surface area contributed by atoms with Crippen molar-refractivity contribution in [2.24, 2.45) is 5.73 Å². The number of ether oxygens (including phenoxy) is 1. The summed E-state index contributed by atoms with van der Waals surface area (Å²) in [5.41, 5.74) is 7.14. The van der Waals surface area contributed by atoms with Gasteiger partial charge in [0.25, 0.3) is 0 Å². The fourth-order valence-electron chi connectivity index (χ4n) is 5.77. The summed E-state index contributed by atoms with van der Waals surface area (Å²) < 4.78 is 5.22. The highest BCUT2D eigenvalue weighted by molar-refractivity contribution is 6.21. The molecule has 1 aliphatic carbocycles. The number of rotatable bonds is 5. The maximum atomic E-state index is 14.5. The zero-order chi connectivity index (χ0) is 27.2. The van der Waals surface area contributed by atoms with Crippen molar-refractivity contribution in [1.29, 1.82) is 5.26 Å². The molecule has 5 rings (SSSR count). The predicted octanol–water partition coefficient (Wildman–Crippen LogP) is 2.41. The minimum Gasteiger partial charge on any atom is -0.497 e. The number of carbonyl (C=O) groups excluding carboxylic acids is 3. The van der Waals surface area contributed by atoms with Gasteiger partial charge in [-0.2, -0.15) is 5.26 Å². The first-order valence-corrected chi connectivity index (χ1v) is 12.3. The molecule has 3 N–H and O–H groups in total. The van der Waals surface area contributed by atoms with E-state index in [9.17, 15) is 19.6 Å². The van der Waals surface area contributed by atoms with Crippen LogP contribution in [0.4, 0.5) is 11.4 Å². The maximum Gasteiger partial charge on any atom is 0.248 e. The van der Waals surface area contributed by atoms with Gasteiger partial charge in [-0.15, -0.1) is 0 Å². The van der Waals surface area contributed by atoms with Gasteiger partial charge in [0.15, 0.2) is 5.78 Å². The number of nitrogens with two attached hydrogens (primary N) is 1. The molecule has 38 heavy (non-hydrogen) atoms. The average Bonchev–Trinajstić information content (AvgIpc) is 3.12. The molecule has 0 saturated heterocycles. The van der Waals surface area contributed by atoms with Crippen LogP contribution < -0.4 is 20.7 Å². The molecule has 2 aliphatic heterocycles. The van der Waals surface area contributed by atoms with E-state index in [0.29, 0.717) is 41.2 Å². The van der Waals surface area contributed by atoms with E-state index in [4.69, 9.17) is 10.5 Å². The molecule has 0 fully saturated rings. The van der Waals surface area contributed by atoms with E-state index >= 15 is 0 Å². The molecule has 3 aliphatic rings. The van der Waals surface area contributed by atoms with Crippen LogP contribution in [0.15, 0.2) is 71.2 Å². The quantitative estimate of drug-likeness (QED) is 0.624. The monoisotopic (exact) mass is 512 g/mol. The molecule has 10 nitrogen and oxygen atoms in total. The van der Waals surface area contributed by atoms with Crippen LogP contribution in [-0.4, -0.2) is 55.4 Å². The van der Waals surface area contributed by atoms with E-state index in [1.54, 1.807) is 72.6 Å². The van der Waals surface area contributed by atoms with Crippen LogP contribution in [0.25, 0.3) is 0 Å². The number of nitrogens with zero attached hydrogens (tertiary/aromatic N) is 4. The Balaban J connectivity index is 1.64. The second-order valence-electron chi connectivity index (χ2n) is 9.57. The van der Waals surface area contributed by atoms with Crippen molar-refractivity contribution in [3.63, 3.8) is 0 Å². The number of fused-ring (bicyclic) bond motifs is 3. The summed E-state index contributed by atoms with van der Waals surface area (Å²) >= 11 is 0. The first-order chi connectivity index (χ1) is 18.2. The summed E-state index contributed by atoms with van der Waals surface area (Å²) in [4.78, 5) is 42.6. The van der Waals surface area contributed by atoms with Gasteiger partial charge in [-0.1, -0.05) is 24.3 Å². The van der Waals surface area contributed by atoms with Gasteiger partial charge >= 0.3 is 0 Å². The Hall–Kier alpha value is -4.62. The standard InChI is InChI=1S/C28H28N6O4/c1-32(2)34-22-12-7-13-23(35)25(22)28(20(15-29)26(34)30)19-10-4-5-11-21(19)33(27(28)37)16-24(36)31-17-8-6-9-18(14-17)38-3/h4-6,8-11,14H,7,12-13,16,30H2,1-3H3,(H,31,36)/t28-/m1/s1. The van der Waals surface area contributed by atoms with E-state index < -0.39 is 17.2 Å². The number of benzene rings is 2. The number of nitrogens with one attached hydrogen (secondary N) is 1. The van der Waals surface area contributed by atoms with Gasteiger partial charge in [0.05, 0.1) is 12.7 Å². The molecule has 2 heterocycles. The molecule has 0 bridgehead atoms. The van der Waals surface area contributed by atoms with Gasteiger partial charge in [-0.05, 0) is 31.0 Å². The topological polar surface area (TPSA) is 132 Å². The van der Waals surface area contributed by atoms with Gasteiger partial charge in [0.2, 0.25) is 11.8 Å². The number of Topliss-reactive ketones (excluding diaryl/α,β-unsaturated/α-hetero) is 1. The van der Waals surface area contributed by atoms with E-state index in [1.807, 2.05) is 0 Å². The van der Waals surface area contributed by atoms with Crippen molar-refractivity contribution in [3.05, 3.63) is 76.8 Å². The van der Waals surface area contributed by atoms with Crippen LogP contribution in [0.3, 0.4) is 0 Å². The lowest BCUT2D eigenvalue weighted by atomic mass is 9.64. The van der Waals surface area contributed by atoms with Gasteiger partial charge in [-0.3, -0.25) is 19.4 Å². The van der Waals surface area contributed by atoms with Crippen molar-refractivity contribution >= 4 is 29.0 Å². The smallest absolute Gasteiger partial charge is 0.248 e. The van der Waals surface area contributed by atoms with Gasteiger partial charge in [0.1, 0.15) is 29.6 Å². The molecular weight excluding hydrogens is 484 g/mol. The highest BCUT2D eigenvalue weighted by atomic mass is 16.5. The van der Waals surface area contributed by atoms with E-state index in [1.165, 1.54) is 12.0 Å². The average molecular weight is 513 g/mol. The summed E-state index contributed by atoms with van der Waals surface area (Å²) in [6.07, 6.45) is 1.38. The number of para-hydroxylation sites is 1. The summed E-state index contributed by atoms with van der Waals surface area (Å²) in [5, 5.41) is 16.5. The normalized spacial score (nSPS) is 20.6. The second-order valence-corrected chi connectivity index (χ2v) is 9.57. The number of amides is 2. The van der Waals surface area contributed by atoms with Crippen molar-refractivity contribution in [1.82, 2.24) is 10.0 Å². The Kier molecular flexibility index (Phi) is 6.17. The molecule has 194 valence electrons. The molecule has 0 aromatic heterocycles. The summed E-state index contributed by atoms with van der Waals surface area (Å²) in [6.45, 7) is -0.318. The minimum absolute atomic E-state index is 0.0200. The first-order valence-electron chi connectivity index (χ1n) is 12.3. The van der Waals surface area contributed by atoms with E-state index in [0.717, 1.165) is 0 Å². The van der Waals surface area contributed by atoms with Crippen LogP contribution >= 0.6 is 0 Å². The number of ketones is 1. The van der Waals surface area contributed by atoms with Crippen LogP contribution in [0.2, 0.25) is 0 Å². The first kappa shape index (κ1) is 25.0. The van der Waals surface area contributed by atoms with Crippen LogP contribution in [0.1, 0.15) is 24.8 Å². The zero-order valence-electron chi connectivity index (χ0n) is 21.4. The van der Waals surface area contributed by atoms with Crippen LogP contribution in [-0.2, 0) is 19.8 Å². The van der Waals surface area contributed by atoms with Crippen molar-refractivity contribution < 1.29 is 19.1 Å². The van der Waals surface area contributed by atoms with E-state index in [2.05, 4.69) is 11.4 Å². The molecule has 0 unspecified atom stereocenters. The van der Waals surface area contributed by atoms with Gasteiger partial charge < -0.3 is 20.7 Å². The number of nitriles is 1.